The second kappa shape index (κ2) is 6.35. The molecule has 88 valence electrons. The SMILES string of the molecule is C[C@H](NCC/C(N)=N/O)c1ccccc1Cl. The summed E-state index contributed by atoms with van der Waals surface area (Å²) in [5.41, 5.74) is 6.41. The lowest BCUT2D eigenvalue weighted by molar-refractivity contribution is 0.316. The van der Waals surface area contributed by atoms with E-state index in [9.17, 15) is 0 Å². The Bertz CT molecular complexity index is 368. The first-order chi connectivity index (χ1) is 7.65. The van der Waals surface area contributed by atoms with Crippen LogP contribution < -0.4 is 11.1 Å². The van der Waals surface area contributed by atoms with Gasteiger partial charge in [0.05, 0.1) is 0 Å². The van der Waals surface area contributed by atoms with Crippen LogP contribution in [0.1, 0.15) is 24.9 Å². The van der Waals surface area contributed by atoms with Gasteiger partial charge in [0.15, 0.2) is 0 Å². The van der Waals surface area contributed by atoms with Crippen LogP contribution in [0.3, 0.4) is 0 Å². The molecule has 5 heteroatoms. The number of nitrogens with zero attached hydrogens (tertiary/aromatic N) is 1. The standard InChI is InChI=1S/C11H16ClN3O/c1-8(14-7-6-11(13)15-16)9-4-2-3-5-10(9)12/h2-5,8,14,16H,6-7H2,1H3,(H2,13,15)/t8-/m0/s1. The van der Waals surface area contributed by atoms with E-state index in [0.717, 1.165) is 10.6 Å². The van der Waals surface area contributed by atoms with Gasteiger partial charge in [-0.05, 0) is 18.6 Å². The number of hydrogen-bond acceptors (Lipinski definition) is 3. The van der Waals surface area contributed by atoms with Crippen molar-refractivity contribution in [1.82, 2.24) is 5.32 Å². The van der Waals surface area contributed by atoms with E-state index in [-0.39, 0.29) is 11.9 Å². The summed E-state index contributed by atoms with van der Waals surface area (Å²) in [4.78, 5) is 0. The molecule has 16 heavy (non-hydrogen) atoms. The molecule has 0 aliphatic rings. The van der Waals surface area contributed by atoms with Gasteiger partial charge in [-0.1, -0.05) is 35.0 Å². The largest absolute Gasteiger partial charge is 0.409 e. The molecule has 0 heterocycles. The highest BCUT2D eigenvalue weighted by atomic mass is 35.5. The molecular weight excluding hydrogens is 226 g/mol. The van der Waals surface area contributed by atoms with E-state index < -0.39 is 0 Å². The third-order valence-electron chi connectivity index (χ3n) is 2.33. The fraction of sp³-hybridized carbons (Fsp3) is 0.364. The van der Waals surface area contributed by atoms with Crippen molar-refractivity contribution in [2.45, 2.75) is 19.4 Å². The first-order valence-corrected chi connectivity index (χ1v) is 5.47. The average Bonchev–Trinajstić information content (AvgIpc) is 2.29. The molecule has 0 fully saturated rings. The number of nitrogens with two attached hydrogens (primary N) is 1. The van der Waals surface area contributed by atoms with E-state index in [4.69, 9.17) is 22.5 Å². The van der Waals surface area contributed by atoms with Crippen LogP contribution in [0.4, 0.5) is 0 Å². The summed E-state index contributed by atoms with van der Waals surface area (Å²) < 4.78 is 0. The lowest BCUT2D eigenvalue weighted by atomic mass is 10.1. The maximum Gasteiger partial charge on any atom is 0.140 e. The summed E-state index contributed by atoms with van der Waals surface area (Å²) in [6.45, 7) is 2.66. The van der Waals surface area contributed by atoms with Crippen molar-refractivity contribution in [2.75, 3.05) is 6.54 Å². The minimum absolute atomic E-state index is 0.139. The topological polar surface area (TPSA) is 70.6 Å². The first-order valence-electron chi connectivity index (χ1n) is 5.09. The van der Waals surface area contributed by atoms with Crippen molar-refractivity contribution in [2.24, 2.45) is 10.9 Å². The zero-order valence-electron chi connectivity index (χ0n) is 9.15. The molecular formula is C11H16ClN3O. The van der Waals surface area contributed by atoms with E-state index in [0.29, 0.717) is 13.0 Å². The molecule has 0 unspecified atom stereocenters. The maximum absolute atomic E-state index is 8.38. The second-order valence-corrected chi connectivity index (χ2v) is 3.95. The summed E-state index contributed by atoms with van der Waals surface area (Å²) in [7, 11) is 0. The number of nitrogens with one attached hydrogen (secondary N) is 1. The van der Waals surface area contributed by atoms with Gasteiger partial charge in [0.1, 0.15) is 5.84 Å². The number of amidine groups is 1. The summed E-state index contributed by atoms with van der Waals surface area (Å²) in [5, 5.41) is 15.3. The molecule has 1 aromatic carbocycles. The molecule has 0 aliphatic heterocycles. The van der Waals surface area contributed by atoms with Crippen LogP contribution in [0.5, 0.6) is 0 Å². The second-order valence-electron chi connectivity index (χ2n) is 3.54. The van der Waals surface area contributed by atoms with Crippen LogP contribution in [0, 0.1) is 0 Å². The van der Waals surface area contributed by atoms with E-state index in [1.807, 2.05) is 31.2 Å². The van der Waals surface area contributed by atoms with E-state index in [1.165, 1.54) is 0 Å². The highest BCUT2D eigenvalue weighted by Crippen LogP contribution is 2.21. The summed E-state index contributed by atoms with van der Waals surface area (Å²) in [6, 6.07) is 7.82. The highest BCUT2D eigenvalue weighted by Gasteiger charge is 2.07. The lowest BCUT2D eigenvalue weighted by Gasteiger charge is -2.15. The summed E-state index contributed by atoms with van der Waals surface area (Å²) in [5.74, 6) is 0.221. The minimum Gasteiger partial charge on any atom is -0.409 e. The molecule has 0 bridgehead atoms. The summed E-state index contributed by atoms with van der Waals surface area (Å²) >= 11 is 6.06. The van der Waals surface area contributed by atoms with Gasteiger partial charge < -0.3 is 16.3 Å². The zero-order valence-corrected chi connectivity index (χ0v) is 9.91. The molecule has 4 N–H and O–H groups in total. The van der Waals surface area contributed by atoms with E-state index in [1.54, 1.807) is 0 Å². The smallest absolute Gasteiger partial charge is 0.140 e. The van der Waals surface area contributed by atoms with E-state index >= 15 is 0 Å². The van der Waals surface area contributed by atoms with Crippen molar-refractivity contribution in [3.63, 3.8) is 0 Å². The molecule has 0 saturated heterocycles. The molecule has 0 aromatic heterocycles. The number of halogens is 1. The maximum atomic E-state index is 8.38. The van der Waals surface area contributed by atoms with Crippen LogP contribution in [-0.4, -0.2) is 17.6 Å². The van der Waals surface area contributed by atoms with Gasteiger partial charge in [-0.15, -0.1) is 0 Å². The minimum atomic E-state index is 0.139. The monoisotopic (exact) mass is 241 g/mol. The Hall–Kier alpha value is -1.26. The Morgan fingerprint density at radius 3 is 2.88 bits per heavy atom. The third kappa shape index (κ3) is 3.72. The van der Waals surface area contributed by atoms with Gasteiger partial charge in [0.25, 0.3) is 0 Å². The predicted molar refractivity (Wildman–Crippen MR) is 65.9 cm³/mol. The molecule has 4 nitrogen and oxygen atoms in total. The highest BCUT2D eigenvalue weighted by molar-refractivity contribution is 6.31. The van der Waals surface area contributed by atoms with Crippen molar-refractivity contribution >= 4 is 17.4 Å². The number of hydrogen-bond donors (Lipinski definition) is 3. The Balaban J connectivity index is 2.47. The predicted octanol–water partition coefficient (Wildman–Crippen LogP) is 2.13. The van der Waals surface area contributed by atoms with Crippen LogP contribution in [-0.2, 0) is 0 Å². The van der Waals surface area contributed by atoms with Gasteiger partial charge in [0, 0.05) is 24.0 Å². The summed E-state index contributed by atoms with van der Waals surface area (Å²) in [6.07, 6.45) is 0.505. The van der Waals surface area contributed by atoms with Gasteiger partial charge in [-0.2, -0.15) is 0 Å². The molecule has 1 rings (SSSR count). The molecule has 0 saturated carbocycles. The van der Waals surface area contributed by atoms with Crippen LogP contribution in [0.15, 0.2) is 29.4 Å². The molecule has 0 aliphatic carbocycles. The Morgan fingerprint density at radius 1 is 1.56 bits per heavy atom. The molecule has 0 spiro atoms. The fourth-order valence-corrected chi connectivity index (χ4v) is 1.70. The quantitative estimate of drug-likeness (QED) is 0.320. The normalized spacial score (nSPS) is 13.8. The molecule has 1 atom stereocenters. The average molecular weight is 242 g/mol. The Labute approximate surface area is 100 Å². The number of oxime groups is 1. The fourth-order valence-electron chi connectivity index (χ4n) is 1.40. The number of rotatable bonds is 5. The van der Waals surface area contributed by atoms with Crippen molar-refractivity contribution in [3.8, 4) is 0 Å². The zero-order chi connectivity index (χ0) is 12.0. The Morgan fingerprint density at radius 2 is 2.25 bits per heavy atom. The Kier molecular flexibility index (Phi) is 5.08. The van der Waals surface area contributed by atoms with Gasteiger partial charge in [-0.3, -0.25) is 0 Å². The van der Waals surface area contributed by atoms with Gasteiger partial charge in [-0.25, -0.2) is 0 Å². The van der Waals surface area contributed by atoms with Gasteiger partial charge in [0.2, 0.25) is 0 Å². The molecule has 0 amide bonds. The lowest BCUT2D eigenvalue weighted by Crippen LogP contribution is -2.24. The van der Waals surface area contributed by atoms with Crippen LogP contribution >= 0.6 is 11.6 Å². The number of benzene rings is 1. The van der Waals surface area contributed by atoms with Crippen molar-refractivity contribution in [1.29, 1.82) is 0 Å². The van der Waals surface area contributed by atoms with E-state index in [2.05, 4.69) is 10.5 Å². The van der Waals surface area contributed by atoms with Crippen molar-refractivity contribution < 1.29 is 5.21 Å². The van der Waals surface area contributed by atoms with Crippen molar-refractivity contribution in [3.05, 3.63) is 34.9 Å². The first kappa shape index (κ1) is 12.8. The molecule has 0 radical (unpaired) electrons. The third-order valence-corrected chi connectivity index (χ3v) is 2.68. The molecule has 1 aromatic rings. The van der Waals surface area contributed by atoms with Gasteiger partial charge >= 0.3 is 0 Å². The van der Waals surface area contributed by atoms with Crippen LogP contribution in [0.2, 0.25) is 5.02 Å². The van der Waals surface area contributed by atoms with Crippen LogP contribution in [0.25, 0.3) is 0 Å².